The van der Waals surface area contributed by atoms with Gasteiger partial charge in [0.1, 0.15) is 5.69 Å². The molecule has 196 valence electrons. The molecular weight excluding hydrogens is 494 g/mol. The van der Waals surface area contributed by atoms with Crippen LogP contribution >= 0.6 is 11.3 Å². The van der Waals surface area contributed by atoms with Gasteiger partial charge in [0.25, 0.3) is 11.5 Å². The van der Waals surface area contributed by atoms with Gasteiger partial charge in [0.15, 0.2) is 5.13 Å². The highest BCUT2D eigenvalue weighted by Crippen LogP contribution is 2.31. The van der Waals surface area contributed by atoms with Gasteiger partial charge in [0, 0.05) is 49.0 Å². The van der Waals surface area contributed by atoms with E-state index in [0.29, 0.717) is 22.1 Å². The lowest BCUT2D eigenvalue weighted by Crippen LogP contribution is -2.19. The Balaban J connectivity index is 1.61. The number of anilines is 3. The van der Waals surface area contributed by atoms with Crippen molar-refractivity contribution in [1.82, 2.24) is 14.9 Å². The normalized spacial score (nSPS) is 11.2. The van der Waals surface area contributed by atoms with Crippen LogP contribution in [0.15, 0.2) is 72.3 Å². The summed E-state index contributed by atoms with van der Waals surface area (Å²) in [5.41, 5.74) is 6.16. The van der Waals surface area contributed by atoms with Crippen LogP contribution in [0.4, 0.5) is 16.5 Å². The standard InChI is InChI=1S/C30H33N5O2S/c1-18-23(9-8-10-24(18)33-27(36)20-11-13-22(14-12-20)30(3,4)5)21-15-25(28(37)35(7)17-21)34-29-32-16-26(38-29)19(2)31-6/h8-17,31H,2H2,1,3-7H3,(H,32,34)(H,33,36). The quantitative estimate of drug-likeness (QED) is 0.262. The van der Waals surface area contributed by atoms with Crippen LogP contribution in [-0.2, 0) is 12.5 Å². The molecule has 2 aromatic heterocycles. The van der Waals surface area contributed by atoms with E-state index in [1.54, 1.807) is 31.1 Å². The van der Waals surface area contributed by atoms with Crippen molar-refractivity contribution in [2.24, 2.45) is 7.05 Å². The second-order valence-electron chi connectivity index (χ2n) is 10.2. The molecule has 0 saturated carbocycles. The van der Waals surface area contributed by atoms with Crippen molar-refractivity contribution in [3.63, 3.8) is 0 Å². The first-order valence-corrected chi connectivity index (χ1v) is 13.1. The van der Waals surface area contributed by atoms with Crippen LogP contribution in [0.2, 0.25) is 0 Å². The molecule has 0 aliphatic carbocycles. The van der Waals surface area contributed by atoms with Crippen LogP contribution in [0, 0.1) is 6.92 Å². The van der Waals surface area contributed by atoms with Gasteiger partial charge in [-0.15, -0.1) is 0 Å². The fourth-order valence-corrected chi connectivity index (χ4v) is 4.86. The summed E-state index contributed by atoms with van der Waals surface area (Å²) in [6.07, 6.45) is 3.51. The molecular formula is C30H33N5O2S. The number of benzene rings is 2. The molecule has 0 fully saturated rings. The number of nitrogens with zero attached hydrogens (tertiary/aromatic N) is 2. The van der Waals surface area contributed by atoms with E-state index in [1.807, 2.05) is 55.5 Å². The first kappa shape index (κ1) is 26.9. The van der Waals surface area contributed by atoms with Crippen molar-refractivity contribution in [2.75, 3.05) is 17.7 Å². The number of hydrogen-bond donors (Lipinski definition) is 3. The third kappa shape index (κ3) is 5.70. The SMILES string of the molecule is C=C(NC)c1cnc(Nc2cc(-c3cccc(NC(=O)c4ccc(C(C)(C)C)cc4)c3C)cn(C)c2=O)s1. The zero-order valence-electron chi connectivity index (χ0n) is 22.6. The summed E-state index contributed by atoms with van der Waals surface area (Å²) in [5, 5.41) is 9.81. The van der Waals surface area contributed by atoms with Crippen molar-refractivity contribution in [3.05, 3.63) is 99.4 Å². The zero-order valence-corrected chi connectivity index (χ0v) is 23.4. The molecule has 0 aliphatic heterocycles. The highest BCUT2D eigenvalue weighted by molar-refractivity contribution is 7.16. The number of pyridine rings is 1. The van der Waals surface area contributed by atoms with Crippen LogP contribution in [0.5, 0.6) is 0 Å². The van der Waals surface area contributed by atoms with Crippen LogP contribution < -0.4 is 21.5 Å². The van der Waals surface area contributed by atoms with E-state index in [1.165, 1.54) is 16.9 Å². The van der Waals surface area contributed by atoms with Gasteiger partial charge in [0.2, 0.25) is 0 Å². The largest absolute Gasteiger partial charge is 0.387 e. The van der Waals surface area contributed by atoms with E-state index in [0.717, 1.165) is 27.3 Å². The number of aryl methyl sites for hydroxylation is 1. The minimum atomic E-state index is -0.170. The minimum absolute atomic E-state index is 0.0204. The van der Waals surface area contributed by atoms with E-state index in [2.05, 4.69) is 48.3 Å². The number of carbonyl (C=O) groups excluding carboxylic acids is 1. The third-order valence-corrected chi connectivity index (χ3v) is 7.41. The number of rotatable bonds is 7. The number of hydrogen-bond acceptors (Lipinski definition) is 6. The Labute approximate surface area is 227 Å². The molecule has 7 nitrogen and oxygen atoms in total. The molecule has 0 aliphatic rings. The van der Waals surface area contributed by atoms with E-state index in [9.17, 15) is 9.59 Å². The lowest BCUT2D eigenvalue weighted by Gasteiger charge is -2.19. The second kappa shape index (κ2) is 10.7. The van der Waals surface area contributed by atoms with Gasteiger partial charge in [-0.3, -0.25) is 9.59 Å². The monoisotopic (exact) mass is 527 g/mol. The molecule has 0 unspecified atom stereocenters. The Morgan fingerprint density at radius 2 is 1.79 bits per heavy atom. The van der Waals surface area contributed by atoms with E-state index < -0.39 is 0 Å². The van der Waals surface area contributed by atoms with Crippen molar-refractivity contribution in [2.45, 2.75) is 33.1 Å². The Bertz CT molecular complexity index is 1560. The minimum Gasteiger partial charge on any atom is -0.387 e. The predicted molar refractivity (Wildman–Crippen MR) is 158 cm³/mol. The zero-order chi connectivity index (χ0) is 27.6. The molecule has 0 bridgehead atoms. The van der Waals surface area contributed by atoms with Crippen molar-refractivity contribution in [3.8, 4) is 11.1 Å². The lowest BCUT2D eigenvalue weighted by atomic mass is 9.86. The first-order chi connectivity index (χ1) is 18.0. The topological polar surface area (TPSA) is 88.1 Å². The Kier molecular flexibility index (Phi) is 7.55. The fraction of sp³-hybridized carbons (Fsp3) is 0.233. The summed E-state index contributed by atoms with van der Waals surface area (Å²) in [6, 6.07) is 15.3. The van der Waals surface area contributed by atoms with Crippen molar-refractivity contribution >= 4 is 39.4 Å². The van der Waals surface area contributed by atoms with Crippen molar-refractivity contribution in [1.29, 1.82) is 0 Å². The molecule has 0 radical (unpaired) electrons. The summed E-state index contributed by atoms with van der Waals surface area (Å²) >= 11 is 1.41. The maximum atomic E-state index is 13.0. The molecule has 4 aromatic rings. The van der Waals surface area contributed by atoms with E-state index in [4.69, 9.17) is 0 Å². The molecule has 1 amide bonds. The summed E-state index contributed by atoms with van der Waals surface area (Å²) in [6.45, 7) is 12.4. The molecule has 4 rings (SSSR count). The molecule has 3 N–H and O–H groups in total. The van der Waals surface area contributed by atoms with Crippen LogP contribution in [0.1, 0.15) is 47.1 Å². The molecule has 2 aromatic carbocycles. The summed E-state index contributed by atoms with van der Waals surface area (Å²) in [4.78, 5) is 31.2. The van der Waals surface area contributed by atoms with Gasteiger partial charge in [-0.1, -0.05) is 63.0 Å². The number of nitrogens with one attached hydrogen (secondary N) is 3. The lowest BCUT2D eigenvalue weighted by molar-refractivity contribution is 0.102. The number of aromatic nitrogens is 2. The summed E-state index contributed by atoms with van der Waals surface area (Å²) in [7, 11) is 3.52. The average Bonchev–Trinajstić information content (AvgIpc) is 3.35. The Morgan fingerprint density at radius 1 is 1.08 bits per heavy atom. The second-order valence-corrected chi connectivity index (χ2v) is 11.2. The molecule has 0 spiro atoms. The van der Waals surface area contributed by atoms with Crippen LogP contribution in [-0.4, -0.2) is 22.5 Å². The van der Waals surface area contributed by atoms with Gasteiger partial charge in [-0.25, -0.2) is 4.98 Å². The maximum Gasteiger partial charge on any atom is 0.274 e. The molecule has 38 heavy (non-hydrogen) atoms. The summed E-state index contributed by atoms with van der Waals surface area (Å²) < 4.78 is 1.54. The Morgan fingerprint density at radius 3 is 2.45 bits per heavy atom. The van der Waals surface area contributed by atoms with Gasteiger partial charge >= 0.3 is 0 Å². The van der Waals surface area contributed by atoms with Crippen LogP contribution in [0.25, 0.3) is 16.8 Å². The molecule has 8 heteroatoms. The van der Waals surface area contributed by atoms with Crippen molar-refractivity contribution < 1.29 is 4.79 Å². The smallest absolute Gasteiger partial charge is 0.274 e. The van der Waals surface area contributed by atoms with Gasteiger partial charge in [0.05, 0.1) is 4.88 Å². The highest BCUT2D eigenvalue weighted by atomic mass is 32.1. The fourth-order valence-electron chi connectivity index (χ4n) is 4.06. The molecule has 0 atom stereocenters. The maximum absolute atomic E-state index is 13.0. The highest BCUT2D eigenvalue weighted by Gasteiger charge is 2.16. The van der Waals surface area contributed by atoms with Gasteiger partial charge in [-0.2, -0.15) is 0 Å². The van der Waals surface area contributed by atoms with E-state index >= 15 is 0 Å². The van der Waals surface area contributed by atoms with Gasteiger partial charge in [-0.05, 0) is 53.3 Å². The van der Waals surface area contributed by atoms with E-state index in [-0.39, 0.29) is 16.9 Å². The predicted octanol–water partition coefficient (Wildman–Crippen LogP) is 6.30. The number of carbonyl (C=O) groups is 1. The molecule has 0 saturated heterocycles. The molecule has 2 heterocycles. The Hall–Kier alpha value is -4.17. The van der Waals surface area contributed by atoms with Gasteiger partial charge < -0.3 is 20.5 Å². The first-order valence-electron chi connectivity index (χ1n) is 12.3. The number of thiazole rings is 1. The third-order valence-electron chi connectivity index (χ3n) is 6.44. The number of amides is 1. The summed E-state index contributed by atoms with van der Waals surface area (Å²) in [5.74, 6) is -0.170. The average molecular weight is 528 g/mol. The van der Waals surface area contributed by atoms with Crippen LogP contribution in [0.3, 0.4) is 0 Å².